The standard InChI is InChI=1S/C11H9BrClN3OS/c12-8-3-6(13)1-2-9(8)16-10(17)4-7-5-18-11(14)15-7/h1-3,5H,4H2,(H2,14,15)(H,16,17). The van der Waals surface area contributed by atoms with Crippen LogP contribution in [-0.4, -0.2) is 10.9 Å². The molecule has 94 valence electrons. The number of nitrogens with zero attached hydrogens (tertiary/aromatic N) is 1. The molecule has 0 aliphatic heterocycles. The minimum absolute atomic E-state index is 0.150. The fourth-order valence-electron chi connectivity index (χ4n) is 1.35. The van der Waals surface area contributed by atoms with E-state index in [-0.39, 0.29) is 12.3 Å². The molecule has 18 heavy (non-hydrogen) atoms. The van der Waals surface area contributed by atoms with Crippen molar-refractivity contribution >= 4 is 55.6 Å². The van der Waals surface area contributed by atoms with E-state index in [2.05, 4.69) is 26.2 Å². The predicted molar refractivity (Wildman–Crippen MR) is 78.0 cm³/mol. The zero-order valence-corrected chi connectivity index (χ0v) is 12.3. The maximum absolute atomic E-state index is 11.8. The van der Waals surface area contributed by atoms with Crippen molar-refractivity contribution in [3.8, 4) is 0 Å². The highest BCUT2D eigenvalue weighted by Crippen LogP contribution is 2.26. The van der Waals surface area contributed by atoms with Crippen LogP contribution >= 0.6 is 38.9 Å². The van der Waals surface area contributed by atoms with E-state index in [4.69, 9.17) is 17.3 Å². The van der Waals surface area contributed by atoms with Gasteiger partial charge in [-0.1, -0.05) is 11.6 Å². The second-order valence-corrected chi connectivity index (χ2v) is 5.71. The third-order valence-electron chi connectivity index (χ3n) is 2.12. The van der Waals surface area contributed by atoms with Crippen LogP contribution < -0.4 is 11.1 Å². The Morgan fingerprint density at radius 1 is 1.56 bits per heavy atom. The zero-order valence-electron chi connectivity index (χ0n) is 9.11. The molecule has 0 aliphatic carbocycles. The van der Waals surface area contributed by atoms with Crippen LogP contribution in [0.4, 0.5) is 10.8 Å². The topological polar surface area (TPSA) is 68.0 Å². The number of carbonyl (C=O) groups is 1. The number of amides is 1. The fourth-order valence-corrected chi connectivity index (χ4v) is 2.70. The van der Waals surface area contributed by atoms with Gasteiger partial charge in [0.15, 0.2) is 5.13 Å². The van der Waals surface area contributed by atoms with Gasteiger partial charge in [0.2, 0.25) is 5.91 Å². The zero-order chi connectivity index (χ0) is 13.1. The van der Waals surface area contributed by atoms with Crippen molar-refractivity contribution in [2.75, 3.05) is 11.1 Å². The molecule has 1 aromatic carbocycles. The number of nitrogens with one attached hydrogen (secondary N) is 1. The smallest absolute Gasteiger partial charge is 0.230 e. The second kappa shape index (κ2) is 5.69. The molecule has 0 saturated heterocycles. The molecule has 1 aromatic heterocycles. The van der Waals surface area contributed by atoms with Gasteiger partial charge >= 0.3 is 0 Å². The summed E-state index contributed by atoms with van der Waals surface area (Å²) in [6.07, 6.45) is 0.197. The fraction of sp³-hybridized carbons (Fsp3) is 0.0909. The monoisotopic (exact) mass is 345 g/mol. The third-order valence-corrected chi connectivity index (χ3v) is 3.73. The SMILES string of the molecule is Nc1nc(CC(=O)Nc2ccc(Cl)cc2Br)cs1. The summed E-state index contributed by atoms with van der Waals surface area (Å²) in [5.41, 5.74) is 6.84. The van der Waals surface area contributed by atoms with Crippen molar-refractivity contribution in [1.82, 2.24) is 4.98 Å². The van der Waals surface area contributed by atoms with Gasteiger partial charge in [-0.15, -0.1) is 11.3 Å². The number of thiazole rings is 1. The second-order valence-electron chi connectivity index (χ2n) is 3.53. The quantitative estimate of drug-likeness (QED) is 0.896. The van der Waals surface area contributed by atoms with Crippen molar-refractivity contribution in [1.29, 1.82) is 0 Å². The van der Waals surface area contributed by atoms with E-state index >= 15 is 0 Å². The number of nitrogen functional groups attached to an aromatic ring is 1. The number of hydrogen-bond donors (Lipinski definition) is 2. The Morgan fingerprint density at radius 2 is 2.33 bits per heavy atom. The molecular weight excluding hydrogens is 338 g/mol. The van der Waals surface area contributed by atoms with Crippen LogP contribution in [0.3, 0.4) is 0 Å². The third kappa shape index (κ3) is 3.44. The van der Waals surface area contributed by atoms with Gasteiger partial charge in [0.05, 0.1) is 17.8 Å². The lowest BCUT2D eigenvalue weighted by molar-refractivity contribution is -0.115. The Morgan fingerprint density at radius 3 is 2.94 bits per heavy atom. The van der Waals surface area contributed by atoms with Gasteiger partial charge in [-0.2, -0.15) is 0 Å². The summed E-state index contributed by atoms with van der Waals surface area (Å²) in [6, 6.07) is 5.17. The average Bonchev–Trinajstić information content (AvgIpc) is 2.68. The Kier molecular flexibility index (Phi) is 4.21. The van der Waals surface area contributed by atoms with Crippen molar-refractivity contribution in [2.45, 2.75) is 6.42 Å². The van der Waals surface area contributed by atoms with E-state index in [0.29, 0.717) is 21.5 Å². The van der Waals surface area contributed by atoms with E-state index in [9.17, 15) is 4.79 Å². The number of halogens is 2. The minimum atomic E-state index is -0.150. The Bertz CT molecular complexity index is 587. The van der Waals surface area contributed by atoms with E-state index in [1.807, 2.05) is 0 Å². The first-order valence-electron chi connectivity index (χ1n) is 4.99. The van der Waals surface area contributed by atoms with Crippen LogP contribution in [0.5, 0.6) is 0 Å². The van der Waals surface area contributed by atoms with Gasteiger partial charge in [-0.25, -0.2) is 4.98 Å². The molecule has 0 atom stereocenters. The molecule has 0 fully saturated rings. The van der Waals surface area contributed by atoms with Crippen LogP contribution in [0.25, 0.3) is 0 Å². The largest absolute Gasteiger partial charge is 0.375 e. The normalized spacial score (nSPS) is 10.3. The summed E-state index contributed by atoms with van der Waals surface area (Å²) in [7, 11) is 0. The van der Waals surface area contributed by atoms with E-state index in [0.717, 1.165) is 4.47 Å². The number of hydrogen-bond acceptors (Lipinski definition) is 4. The van der Waals surface area contributed by atoms with Crippen LogP contribution in [0, 0.1) is 0 Å². The van der Waals surface area contributed by atoms with Crippen LogP contribution in [0.1, 0.15) is 5.69 Å². The van der Waals surface area contributed by atoms with Gasteiger partial charge < -0.3 is 11.1 Å². The van der Waals surface area contributed by atoms with E-state index in [1.54, 1.807) is 23.6 Å². The number of benzene rings is 1. The molecule has 1 heterocycles. The van der Waals surface area contributed by atoms with Gasteiger partial charge in [-0.05, 0) is 34.1 Å². The summed E-state index contributed by atoms with van der Waals surface area (Å²) in [6.45, 7) is 0. The Labute approximate surface area is 121 Å². The molecule has 0 saturated carbocycles. The molecule has 0 radical (unpaired) electrons. The van der Waals surface area contributed by atoms with Crippen LogP contribution in [0.15, 0.2) is 28.1 Å². The van der Waals surface area contributed by atoms with Crippen LogP contribution in [0.2, 0.25) is 5.02 Å². The van der Waals surface area contributed by atoms with Gasteiger partial charge in [0, 0.05) is 14.9 Å². The Hall–Kier alpha value is -1.11. The molecular formula is C11H9BrClN3OS. The van der Waals surface area contributed by atoms with Crippen molar-refractivity contribution in [3.63, 3.8) is 0 Å². The molecule has 0 spiro atoms. The highest BCUT2D eigenvalue weighted by molar-refractivity contribution is 9.10. The molecule has 1 amide bonds. The maximum Gasteiger partial charge on any atom is 0.230 e. The number of nitrogens with two attached hydrogens (primary N) is 1. The summed E-state index contributed by atoms with van der Waals surface area (Å²) < 4.78 is 0.737. The lowest BCUT2D eigenvalue weighted by Crippen LogP contribution is -2.14. The minimum Gasteiger partial charge on any atom is -0.375 e. The van der Waals surface area contributed by atoms with Crippen molar-refractivity contribution in [3.05, 3.63) is 38.8 Å². The molecule has 3 N–H and O–H groups in total. The molecule has 7 heteroatoms. The molecule has 4 nitrogen and oxygen atoms in total. The summed E-state index contributed by atoms with van der Waals surface area (Å²) in [4.78, 5) is 15.8. The van der Waals surface area contributed by atoms with Crippen LogP contribution in [-0.2, 0) is 11.2 Å². The van der Waals surface area contributed by atoms with Crippen molar-refractivity contribution in [2.24, 2.45) is 0 Å². The molecule has 2 aromatic rings. The van der Waals surface area contributed by atoms with E-state index in [1.165, 1.54) is 11.3 Å². The molecule has 0 aliphatic rings. The lowest BCUT2D eigenvalue weighted by atomic mass is 10.3. The molecule has 2 rings (SSSR count). The Balaban J connectivity index is 2.03. The average molecular weight is 347 g/mol. The van der Waals surface area contributed by atoms with Gasteiger partial charge in [-0.3, -0.25) is 4.79 Å². The van der Waals surface area contributed by atoms with E-state index < -0.39 is 0 Å². The first-order chi connectivity index (χ1) is 8.54. The molecule has 0 unspecified atom stereocenters. The summed E-state index contributed by atoms with van der Waals surface area (Å²) in [5.74, 6) is -0.150. The number of carbonyl (C=O) groups excluding carboxylic acids is 1. The number of rotatable bonds is 3. The number of aromatic nitrogens is 1. The maximum atomic E-state index is 11.8. The summed E-state index contributed by atoms with van der Waals surface area (Å²) in [5, 5.41) is 5.61. The van der Waals surface area contributed by atoms with Gasteiger partial charge in [0.25, 0.3) is 0 Å². The first kappa shape index (κ1) is 13.3. The number of anilines is 2. The predicted octanol–water partition coefficient (Wildman–Crippen LogP) is 3.32. The lowest BCUT2D eigenvalue weighted by Gasteiger charge is -2.06. The highest BCUT2D eigenvalue weighted by Gasteiger charge is 2.09. The highest BCUT2D eigenvalue weighted by atomic mass is 79.9. The van der Waals surface area contributed by atoms with Crippen molar-refractivity contribution < 1.29 is 4.79 Å². The first-order valence-corrected chi connectivity index (χ1v) is 7.04. The summed E-state index contributed by atoms with van der Waals surface area (Å²) >= 11 is 10.5. The van der Waals surface area contributed by atoms with Gasteiger partial charge in [0.1, 0.15) is 0 Å². The molecule has 0 bridgehead atoms.